The van der Waals surface area contributed by atoms with E-state index < -0.39 is 41.6 Å². The molecule has 3 nitrogen and oxygen atoms in total. The third-order valence-corrected chi connectivity index (χ3v) is 2.12. The van der Waals surface area contributed by atoms with E-state index in [0.29, 0.717) is 0 Å². The van der Waals surface area contributed by atoms with Gasteiger partial charge in [-0.05, 0) is 6.07 Å². The highest BCUT2D eigenvalue weighted by molar-refractivity contribution is 5.71. The van der Waals surface area contributed by atoms with Gasteiger partial charge in [0.05, 0.1) is 30.4 Å². The average molecular weight is 287 g/mol. The van der Waals surface area contributed by atoms with E-state index in [1.165, 1.54) is 0 Å². The molecule has 0 saturated heterocycles. The van der Waals surface area contributed by atoms with E-state index in [-0.39, 0.29) is 12.3 Å². The fraction of sp³-hybridized carbons (Fsp3) is 0.400. The van der Waals surface area contributed by atoms with Gasteiger partial charge in [-0.25, -0.2) is 0 Å². The van der Waals surface area contributed by atoms with Crippen molar-refractivity contribution in [1.82, 2.24) is 4.98 Å². The largest absolute Gasteiger partial charge is 0.469 e. The number of hydrogen-bond donors (Lipinski definition) is 0. The average Bonchev–Trinajstić information content (AvgIpc) is 2.26. The number of rotatable bonds is 2. The van der Waals surface area contributed by atoms with Crippen LogP contribution in [0.5, 0.6) is 0 Å². The van der Waals surface area contributed by atoms with Gasteiger partial charge in [-0.2, -0.15) is 26.3 Å². The first-order valence-electron chi connectivity index (χ1n) is 4.76. The molecule has 9 heteroatoms. The van der Waals surface area contributed by atoms with E-state index in [1.807, 2.05) is 0 Å². The predicted molar refractivity (Wildman–Crippen MR) is 50.0 cm³/mol. The van der Waals surface area contributed by atoms with Crippen LogP contribution in [-0.2, 0) is 28.3 Å². The molecule has 1 aromatic rings. The number of alkyl halides is 6. The third-order valence-electron chi connectivity index (χ3n) is 2.12. The van der Waals surface area contributed by atoms with E-state index in [1.54, 1.807) is 0 Å². The van der Waals surface area contributed by atoms with Gasteiger partial charge in [-0.1, -0.05) is 0 Å². The van der Waals surface area contributed by atoms with Gasteiger partial charge >= 0.3 is 18.3 Å². The molecule has 0 bridgehead atoms. The van der Waals surface area contributed by atoms with Crippen molar-refractivity contribution in [2.75, 3.05) is 7.11 Å². The van der Waals surface area contributed by atoms with Crippen molar-refractivity contribution in [3.8, 4) is 0 Å². The lowest BCUT2D eigenvalue weighted by Gasteiger charge is -2.15. The van der Waals surface area contributed by atoms with E-state index >= 15 is 0 Å². The zero-order valence-corrected chi connectivity index (χ0v) is 9.39. The highest BCUT2D eigenvalue weighted by Crippen LogP contribution is 2.40. The second-order valence-electron chi connectivity index (χ2n) is 3.47. The van der Waals surface area contributed by atoms with Gasteiger partial charge in [0.25, 0.3) is 0 Å². The molecule has 0 aliphatic rings. The number of carbonyl (C=O) groups excluding carboxylic acids is 1. The quantitative estimate of drug-likeness (QED) is 0.620. The van der Waals surface area contributed by atoms with Crippen molar-refractivity contribution >= 4 is 5.97 Å². The summed E-state index contributed by atoms with van der Waals surface area (Å²) in [4.78, 5) is 14.0. The fourth-order valence-corrected chi connectivity index (χ4v) is 1.28. The summed E-state index contributed by atoms with van der Waals surface area (Å²) in [6, 6.07) is 0.194. The van der Waals surface area contributed by atoms with Crippen LogP contribution in [0.3, 0.4) is 0 Å². The Morgan fingerprint density at radius 3 is 2.11 bits per heavy atom. The van der Waals surface area contributed by atoms with E-state index in [2.05, 4.69) is 9.72 Å². The number of nitrogens with zero attached hydrogens (tertiary/aromatic N) is 1. The van der Waals surface area contributed by atoms with Crippen molar-refractivity contribution in [1.29, 1.82) is 0 Å². The van der Waals surface area contributed by atoms with Crippen molar-refractivity contribution < 1.29 is 35.9 Å². The summed E-state index contributed by atoms with van der Waals surface area (Å²) in [7, 11) is 0.997. The van der Waals surface area contributed by atoms with Crippen LogP contribution in [0.2, 0.25) is 0 Å². The molecule has 1 rings (SSSR count). The number of pyridine rings is 1. The molecular weight excluding hydrogens is 280 g/mol. The molecule has 0 spiro atoms. The van der Waals surface area contributed by atoms with Crippen molar-refractivity contribution in [3.05, 3.63) is 29.1 Å². The SMILES string of the molecule is COC(=O)Cc1cc(C(F)(F)F)c(C(F)(F)F)cn1. The summed E-state index contributed by atoms with van der Waals surface area (Å²) < 4.78 is 79.0. The van der Waals surface area contributed by atoms with Gasteiger partial charge in [-0.3, -0.25) is 9.78 Å². The van der Waals surface area contributed by atoms with Crippen LogP contribution in [0.15, 0.2) is 12.3 Å². The van der Waals surface area contributed by atoms with Gasteiger partial charge in [0.2, 0.25) is 0 Å². The topological polar surface area (TPSA) is 39.2 Å². The second-order valence-corrected chi connectivity index (χ2v) is 3.47. The number of aromatic nitrogens is 1. The second kappa shape index (κ2) is 5.06. The summed E-state index contributed by atoms with van der Waals surface area (Å²) >= 11 is 0. The molecule has 0 N–H and O–H groups in total. The highest BCUT2D eigenvalue weighted by atomic mass is 19.4. The molecule has 0 amide bonds. The van der Waals surface area contributed by atoms with Gasteiger partial charge in [-0.15, -0.1) is 0 Å². The number of halogens is 6. The Balaban J connectivity index is 3.28. The molecule has 0 unspecified atom stereocenters. The van der Waals surface area contributed by atoms with Gasteiger partial charge in [0.15, 0.2) is 0 Å². The molecule has 19 heavy (non-hydrogen) atoms. The third kappa shape index (κ3) is 3.83. The van der Waals surface area contributed by atoms with E-state index in [9.17, 15) is 31.1 Å². The predicted octanol–water partition coefficient (Wildman–Crippen LogP) is 2.83. The Labute approximate surface area is 103 Å². The molecule has 0 saturated carbocycles. The summed E-state index contributed by atoms with van der Waals surface area (Å²) in [5, 5.41) is 0. The molecule has 0 aromatic carbocycles. The van der Waals surface area contributed by atoms with Crippen LogP contribution in [-0.4, -0.2) is 18.1 Å². The minimum atomic E-state index is -5.20. The van der Waals surface area contributed by atoms with Crippen LogP contribution in [0.4, 0.5) is 26.3 Å². The first-order valence-corrected chi connectivity index (χ1v) is 4.76. The molecule has 106 valence electrons. The number of esters is 1. The van der Waals surface area contributed by atoms with Crippen LogP contribution >= 0.6 is 0 Å². The Morgan fingerprint density at radius 1 is 1.16 bits per heavy atom. The number of hydrogen-bond acceptors (Lipinski definition) is 3. The summed E-state index contributed by atoms with van der Waals surface area (Å²) in [5.74, 6) is -0.902. The molecule has 1 heterocycles. The van der Waals surface area contributed by atoms with Crippen LogP contribution < -0.4 is 0 Å². The number of ether oxygens (including phenoxy) is 1. The molecule has 0 atom stereocenters. The maximum atomic E-state index is 12.5. The Kier molecular flexibility index (Phi) is 4.06. The smallest absolute Gasteiger partial charge is 0.418 e. The minimum absolute atomic E-state index is 0.0566. The van der Waals surface area contributed by atoms with Crippen molar-refractivity contribution in [2.24, 2.45) is 0 Å². The van der Waals surface area contributed by atoms with Gasteiger partial charge in [0, 0.05) is 6.20 Å². The molecule has 0 fully saturated rings. The maximum absolute atomic E-state index is 12.5. The number of methoxy groups -OCH3 is 1. The summed E-state index contributed by atoms with van der Waals surface area (Å²) in [6.07, 6.45) is -11.0. The minimum Gasteiger partial charge on any atom is -0.469 e. The Morgan fingerprint density at radius 2 is 1.68 bits per heavy atom. The maximum Gasteiger partial charge on any atom is 0.418 e. The fourth-order valence-electron chi connectivity index (χ4n) is 1.28. The number of carbonyl (C=O) groups is 1. The van der Waals surface area contributed by atoms with E-state index in [4.69, 9.17) is 0 Å². The monoisotopic (exact) mass is 287 g/mol. The lowest BCUT2D eigenvalue weighted by atomic mass is 10.1. The Bertz CT molecular complexity index is 480. The van der Waals surface area contributed by atoms with Crippen LogP contribution in [0, 0.1) is 0 Å². The first-order chi connectivity index (χ1) is 8.55. The zero-order valence-electron chi connectivity index (χ0n) is 9.39. The molecular formula is C10H7F6NO2. The molecule has 0 aliphatic heterocycles. The Hall–Kier alpha value is -1.80. The van der Waals surface area contributed by atoms with Crippen molar-refractivity contribution in [2.45, 2.75) is 18.8 Å². The summed E-state index contributed by atoms with van der Waals surface area (Å²) in [6.45, 7) is 0. The van der Waals surface area contributed by atoms with Gasteiger partial charge in [0.1, 0.15) is 0 Å². The molecule has 0 radical (unpaired) electrons. The first kappa shape index (κ1) is 15.3. The van der Waals surface area contributed by atoms with Crippen molar-refractivity contribution in [3.63, 3.8) is 0 Å². The van der Waals surface area contributed by atoms with E-state index in [0.717, 1.165) is 7.11 Å². The van der Waals surface area contributed by atoms with Crippen LogP contribution in [0.25, 0.3) is 0 Å². The lowest BCUT2D eigenvalue weighted by Crippen LogP contribution is -2.18. The molecule has 1 aromatic heterocycles. The molecule has 0 aliphatic carbocycles. The van der Waals surface area contributed by atoms with Crippen LogP contribution in [0.1, 0.15) is 16.8 Å². The lowest BCUT2D eigenvalue weighted by molar-refractivity contribution is -0.162. The van der Waals surface area contributed by atoms with Gasteiger partial charge < -0.3 is 4.74 Å². The summed E-state index contributed by atoms with van der Waals surface area (Å²) in [5.41, 5.74) is -4.23. The standard InChI is InChI=1S/C10H7F6NO2/c1-19-8(18)3-5-2-6(9(11,12)13)7(4-17-5)10(14,15)16/h2,4H,3H2,1H3. The zero-order chi connectivity index (χ0) is 14.8. The normalized spacial score (nSPS) is 12.4. The highest BCUT2D eigenvalue weighted by Gasteiger charge is 2.43.